The Morgan fingerprint density at radius 1 is 1.11 bits per heavy atom. The van der Waals surface area contributed by atoms with E-state index in [0.717, 1.165) is 54.8 Å². The number of nitrogens with zero attached hydrogens (tertiary/aromatic N) is 6. The third kappa shape index (κ3) is 4.31. The van der Waals surface area contributed by atoms with Crippen LogP contribution < -0.4 is 10.2 Å². The summed E-state index contributed by atoms with van der Waals surface area (Å²) in [7, 11) is 0. The van der Waals surface area contributed by atoms with Gasteiger partial charge in [0.15, 0.2) is 11.9 Å². The van der Waals surface area contributed by atoms with E-state index in [9.17, 15) is 4.79 Å². The van der Waals surface area contributed by atoms with Crippen LogP contribution >= 0.6 is 23.2 Å². The van der Waals surface area contributed by atoms with Crippen molar-refractivity contribution in [2.75, 3.05) is 18.1 Å². The minimum absolute atomic E-state index is 0.263. The molecule has 1 saturated heterocycles. The second kappa shape index (κ2) is 9.72. The van der Waals surface area contributed by atoms with Gasteiger partial charge in [-0.25, -0.2) is 9.36 Å². The fourth-order valence-electron chi connectivity index (χ4n) is 4.87. The van der Waals surface area contributed by atoms with Crippen LogP contribution in [0, 0.1) is 0 Å². The minimum atomic E-state index is -0.265. The smallest absolute Gasteiger partial charge is 0.272 e. The summed E-state index contributed by atoms with van der Waals surface area (Å²) in [5.74, 6) is -0.263. The molecule has 1 unspecified atom stereocenters. The highest BCUT2D eigenvalue weighted by atomic mass is 35.5. The molecule has 1 atom stereocenters. The molecule has 11 heteroatoms. The van der Waals surface area contributed by atoms with E-state index < -0.39 is 0 Å². The normalized spacial score (nSPS) is 17.8. The number of hydrogen-bond donors (Lipinski definition) is 1. The van der Waals surface area contributed by atoms with Gasteiger partial charge in [0, 0.05) is 30.1 Å². The molecule has 6 rings (SSSR count). The van der Waals surface area contributed by atoms with Crippen LogP contribution in [0.1, 0.15) is 47.2 Å². The lowest BCUT2D eigenvalue weighted by Crippen LogP contribution is -2.34. The van der Waals surface area contributed by atoms with E-state index in [1.807, 2.05) is 28.9 Å². The van der Waals surface area contributed by atoms with E-state index in [2.05, 4.69) is 20.5 Å². The van der Waals surface area contributed by atoms with E-state index in [1.165, 1.54) is 0 Å². The Kier molecular flexibility index (Phi) is 6.29. The second-order valence-corrected chi connectivity index (χ2v) is 9.90. The quantitative estimate of drug-likeness (QED) is 0.410. The molecule has 2 aliphatic rings. The standard InChI is InChI=1S/C25H25Cl2N7O2/c26-17-6-4-16(5-7-17)13-28-25(35)23-19-8-9-20(32-10-11-33-18(15-32)14-29-31-33)22(27)24(19)34(30-23)21-3-1-2-12-36-21/h4-9,14,21H,1-3,10-13,15H2,(H,28,35). The topological polar surface area (TPSA) is 90.1 Å². The summed E-state index contributed by atoms with van der Waals surface area (Å²) in [6.45, 7) is 3.16. The van der Waals surface area contributed by atoms with Crippen molar-refractivity contribution in [2.45, 2.75) is 45.1 Å². The predicted octanol–water partition coefficient (Wildman–Crippen LogP) is 4.58. The average Bonchev–Trinajstić information content (AvgIpc) is 3.54. The van der Waals surface area contributed by atoms with Gasteiger partial charge in [-0.1, -0.05) is 40.5 Å². The first kappa shape index (κ1) is 23.3. The molecule has 2 aliphatic heterocycles. The van der Waals surface area contributed by atoms with E-state index in [1.54, 1.807) is 23.0 Å². The molecule has 9 nitrogen and oxygen atoms in total. The number of carbonyl (C=O) groups excluding carboxylic acids is 1. The van der Waals surface area contributed by atoms with Crippen molar-refractivity contribution < 1.29 is 9.53 Å². The van der Waals surface area contributed by atoms with Gasteiger partial charge in [-0.3, -0.25) is 4.79 Å². The van der Waals surface area contributed by atoms with Crippen LogP contribution in [0.25, 0.3) is 10.9 Å². The Balaban J connectivity index is 1.36. The zero-order chi connectivity index (χ0) is 24.6. The number of carbonyl (C=O) groups is 1. The molecule has 1 amide bonds. The maximum absolute atomic E-state index is 13.3. The fraction of sp³-hybridized carbons (Fsp3) is 0.360. The third-order valence-corrected chi connectivity index (χ3v) is 7.40. The summed E-state index contributed by atoms with van der Waals surface area (Å²) in [5.41, 5.74) is 3.93. The summed E-state index contributed by atoms with van der Waals surface area (Å²) >= 11 is 13.0. The molecular weight excluding hydrogens is 501 g/mol. The van der Waals surface area contributed by atoms with Gasteiger partial charge in [0.2, 0.25) is 0 Å². The molecule has 0 saturated carbocycles. The molecule has 2 aromatic carbocycles. The lowest BCUT2D eigenvalue weighted by atomic mass is 10.1. The molecule has 186 valence electrons. The molecular formula is C25H25Cl2N7O2. The Labute approximate surface area is 217 Å². The number of fused-ring (bicyclic) bond motifs is 2. The van der Waals surface area contributed by atoms with Gasteiger partial charge in [-0.05, 0) is 49.1 Å². The van der Waals surface area contributed by atoms with E-state index >= 15 is 0 Å². The Bertz CT molecular complexity index is 1410. The highest BCUT2D eigenvalue weighted by Crippen LogP contribution is 2.39. The Morgan fingerprint density at radius 2 is 1.97 bits per heavy atom. The van der Waals surface area contributed by atoms with Gasteiger partial charge >= 0.3 is 0 Å². The zero-order valence-electron chi connectivity index (χ0n) is 19.5. The monoisotopic (exact) mass is 525 g/mol. The van der Waals surface area contributed by atoms with Crippen LogP contribution in [-0.4, -0.2) is 43.8 Å². The van der Waals surface area contributed by atoms with Crippen molar-refractivity contribution in [3.05, 3.63) is 69.6 Å². The van der Waals surface area contributed by atoms with E-state index in [0.29, 0.717) is 40.8 Å². The molecule has 1 fully saturated rings. The highest BCUT2D eigenvalue weighted by molar-refractivity contribution is 6.38. The maximum atomic E-state index is 13.3. The first-order chi connectivity index (χ1) is 17.6. The van der Waals surface area contributed by atoms with Crippen LogP contribution in [-0.2, 0) is 24.4 Å². The first-order valence-corrected chi connectivity index (χ1v) is 12.8. The number of hydrogen-bond acceptors (Lipinski definition) is 6. The summed E-state index contributed by atoms with van der Waals surface area (Å²) in [6, 6.07) is 11.3. The number of aromatic nitrogens is 5. The lowest BCUT2D eigenvalue weighted by molar-refractivity contribution is -0.0368. The van der Waals surface area contributed by atoms with E-state index in [-0.39, 0.29) is 12.1 Å². The van der Waals surface area contributed by atoms with Crippen molar-refractivity contribution in [2.24, 2.45) is 0 Å². The fourth-order valence-corrected chi connectivity index (χ4v) is 5.37. The minimum Gasteiger partial charge on any atom is -0.362 e. The number of nitrogens with one attached hydrogen (secondary N) is 1. The zero-order valence-corrected chi connectivity index (χ0v) is 21.0. The average molecular weight is 526 g/mol. The number of ether oxygens (including phenoxy) is 1. The van der Waals surface area contributed by atoms with Crippen LogP contribution in [0.2, 0.25) is 10.0 Å². The van der Waals surface area contributed by atoms with Gasteiger partial charge in [0.25, 0.3) is 5.91 Å². The largest absolute Gasteiger partial charge is 0.362 e. The maximum Gasteiger partial charge on any atom is 0.272 e. The summed E-state index contributed by atoms with van der Waals surface area (Å²) in [4.78, 5) is 15.5. The molecule has 4 aromatic rings. The van der Waals surface area contributed by atoms with Crippen molar-refractivity contribution in [3.63, 3.8) is 0 Å². The Hall–Kier alpha value is -3.14. The van der Waals surface area contributed by atoms with Gasteiger partial charge in [-0.2, -0.15) is 5.10 Å². The molecule has 0 aliphatic carbocycles. The van der Waals surface area contributed by atoms with Crippen LogP contribution in [0.15, 0.2) is 42.6 Å². The molecule has 1 N–H and O–H groups in total. The predicted molar refractivity (Wildman–Crippen MR) is 137 cm³/mol. The van der Waals surface area contributed by atoms with Crippen LogP contribution in [0.5, 0.6) is 0 Å². The van der Waals surface area contributed by atoms with Gasteiger partial charge in [0.1, 0.15) is 0 Å². The van der Waals surface area contributed by atoms with Crippen molar-refractivity contribution >= 4 is 45.7 Å². The second-order valence-electron chi connectivity index (χ2n) is 9.09. The van der Waals surface area contributed by atoms with E-state index in [4.69, 9.17) is 33.0 Å². The van der Waals surface area contributed by atoms with Crippen molar-refractivity contribution in [1.82, 2.24) is 30.1 Å². The van der Waals surface area contributed by atoms with Crippen molar-refractivity contribution in [1.29, 1.82) is 0 Å². The SMILES string of the molecule is O=C(NCc1ccc(Cl)cc1)c1nn(C2CCCCO2)c2c(Cl)c(N3CCn4nncc4C3)ccc12. The van der Waals surface area contributed by atoms with Gasteiger partial charge in [-0.15, -0.1) is 5.10 Å². The molecule has 36 heavy (non-hydrogen) atoms. The summed E-state index contributed by atoms with van der Waals surface area (Å²) < 4.78 is 9.75. The third-order valence-electron chi connectivity index (χ3n) is 6.77. The summed E-state index contributed by atoms with van der Waals surface area (Å²) in [6.07, 6.45) is 4.38. The molecule has 4 heterocycles. The lowest BCUT2D eigenvalue weighted by Gasteiger charge is -2.30. The molecule has 0 spiro atoms. The van der Waals surface area contributed by atoms with Crippen LogP contribution in [0.4, 0.5) is 5.69 Å². The number of halogens is 2. The Morgan fingerprint density at radius 3 is 2.78 bits per heavy atom. The highest BCUT2D eigenvalue weighted by Gasteiger charge is 2.28. The number of rotatable bonds is 5. The van der Waals surface area contributed by atoms with Gasteiger partial charge in [0.05, 0.1) is 41.2 Å². The first-order valence-electron chi connectivity index (χ1n) is 12.1. The number of amides is 1. The number of benzene rings is 2. The number of anilines is 1. The van der Waals surface area contributed by atoms with Gasteiger partial charge < -0.3 is 15.0 Å². The van der Waals surface area contributed by atoms with Crippen LogP contribution in [0.3, 0.4) is 0 Å². The van der Waals surface area contributed by atoms with Crippen molar-refractivity contribution in [3.8, 4) is 0 Å². The molecule has 2 aromatic heterocycles. The summed E-state index contributed by atoms with van der Waals surface area (Å²) in [5, 5.41) is 17.8. The molecule has 0 radical (unpaired) electrons. The molecule has 0 bridgehead atoms.